The maximum absolute atomic E-state index is 12.2. The Morgan fingerprint density at radius 1 is 1.43 bits per heavy atom. The minimum absolute atomic E-state index is 0.0243. The summed E-state index contributed by atoms with van der Waals surface area (Å²) in [6, 6.07) is 5.15. The number of carbonyl (C=O) groups is 1. The third-order valence-corrected chi connectivity index (χ3v) is 3.07. The molecule has 7 heteroatoms. The van der Waals surface area contributed by atoms with E-state index >= 15 is 0 Å². The van der Waals surface area contributed by atoms with Gasteiger partial charge >= 0.3 is 5.97 Å². The predicted molar refractivity (Wildman–Crippen MR) is 74.8 cm³/mol. The highest BCUT2D eigenvalue weighted by Crippen LogP contribution is 2.24. The van der Waals surface area contributed by atoms with Gasteiger partial charge in [-0.2, -0.15) is 0 Å². The number of nitro groups is 1. The van der Waals surface area contributed by atoms with E-state index in [4.69, 9.17) is 4.74 Å². The number of benzene rings is 1. The molecule has 0 saturated carbocycles. The van der Waals surface area contributed by atoms with Crippen LogP contribution in [0.4, 0.5) is 5.69 Å². The Kier molecular flexibility index (Phi) is 4.32. The Balaban J connectivity index is 2.42. The first-order valence-corrected chi connectivity index (χ1v) is 6.45. The SMILES string of the molecule is CCOC(=O)C(c1ccc([N+](=O)[O-])cc1)n1ccnc1C. The molecule has 0 spiro atoms. The average Bonchev–Trinajstić information content (AvgIpc) is 2.86. The highest BCUT2D eigenvalue weighted by molar-refractivity contribution is 5.78. The molecule has 21 heavy (non-hydrogen) atoms. The van der Waals surface area contributed by atoms with Crippen molar-refractivity contribution in [1.82, 2.24) is 9.55 Å². The third kappa shape index (κ3) is 3.07. The summed E-state index contributed by atoms with van der Waals surface area (Å²) in [7, 11) is 0. The van der Waals surface area contributed by atoms with E-state index < -0.39 is 16.9 Å². The van der Waals surface area contributed by atoms with E-state index in [0.29, 0.717) is 11.4 Å². The zero-order valence-electron chi connectivity index (χ0n) is 11.7. The number of imidazole rings is 1. The summed E-state index contributed by atoms with van der Waals surface area (Å²) in [5.41, 5.74) is 0.587. The Bertz CT molecular complexity index is 648. The van der Waals surface area contributed by atoms with E-state index in [2.05, 4.69) is 4.98 Å². The number of hydrogen-bond acceptors (Lipinski definition) is 5. The molecule has 1 heterocycles. The van der Waals surface area contributed by atoms with Crippen molar-refractivity contribution < 1.29 is 14.5 Å². The smallest absolute Gasteiger partial charge is 0.333 e. The Morgan fingerprint density at radius 2 is 2.10 bits per heavy atom. The number of aromatic nitrogens is 2. The van der Waals surface area contributed by atoms with Gasteiger partial charge in [-0.25, -0.2) is 9.78 Å². The van der Waals surface area contributed by atoms with Crippen molar-refractivity contribution in [3.05, 3.63) is 58.2 Å². The van der Waals surface area contributed by atoms with Crippen molar-refractivity contribution in [3.8, 4) is 0 Å². The second-order valence-corrected chi connectivity index (χ2v) is 4.38. The number of hydrogen-bond donors (Lipinski definition) is 0. The van der Waals surface area contributed by atoms with Gasteiger partial charge in [0.25, 0.3) is 5.69 Å². The summed E-state index contributed by atoms with van der Waals surface area (Å²) in [6.07, 6.45) is 3.27. The number of rotatable bonds is 5. The molecule has 0 saturated heterocycles. The van der Waals surface area contributed by atoms with Gasteiger partial charge in [0, 0.05) is 24.5 Å². The molecule has 0 amide bonds. The lowest BCUT2D eigenvalue weighted by Crippen LogP contribution is -2.23. The van der Waals surface area contributed by atoms with E-state index in [1.807, 2.05) is 0 Å². The molecule has 0 aliphatic carbocycles. The molecule has 2 rings (SSSR count). The molecular weight excluding hydrogens is 274 g/mol. The summed E-state index contributed by atoms with van der Waals surface area (Å²) in [5, 5.41) is 10.7. The molecule has 1 aromatic heterocycles. The number of nitro benzene ring substituents is 1. The monoisotopic (exact) mass is 289 g/mol. The van der Waals surface area contributed by atoms with Gasteiger partial charge in [0.2, 0.25) is 0 Å². The van der Waals surface area contributed by atoms with Crippen molar-refractivity contribution >= 4 is 11.7 Å². The van der Waals surface area contributed by atoms with Crippen LogP contribution in [0.15, 0.2) is 36.7 Å². The molecule has 0 radical (unpaired) electrons. The third-order valence-electron chi connectivity index (χ3n) is 3.07. The van der Waals surface area contributed by atoms with Crippen LogP contribution >= 0.6 is 0 Å². The second-order valence-electron chi connectivity index (χ2n) is 4.38. The lowest BCUT2D eigenvalue weighted by Gasteiger charge is -2.18. The van der Waals surface area contributed by atoms with Gasteiger partial charge < -0.3 is 9.30 Å². The van der Waals surface area contributed by atoms with Crippen molar-refractivity contribution in [2.45, 2.75) is 19.9 Å². The zero-order valence-corrected chi connectivity index (χ0v) is 11.7. The Morgan fingerprint density at radius 3 is 2.57 bits per heavy atom. The summed E-state index contributed by atoms with van der Waals surface area (Å²) >= 11 is 0. The van der Waals surface area contributed by atoms with E-state index in [1.165, 1.54) is 12.1 Å². The first kappa shape index (κ1) is 14.7. The van der Waals surface area contributed by atoms with Gasteiger partial charge in [-0.05, 0) is 31.5 Å². The Hall–Kier alpha value is -2.70. The highest BCUT2D eigenvalue weighted by atomic mass is 16.6. The van der Waals surface area contributed by atoms with Gasteiger partial charge in [-0.15, -0.1) is 0 Å². The van der Waals surface area contributed by atoms with Crippen molar-refractivity contribution in [1.29, 1.82) is 0 Å². The first-order valence-electron chi connectivity index (χ1n) is 6.45. The van der Waals surface area contributed by atoms with Gasteiger partial charge in [0.05, 0.1) is 11.5 Å². The van der Waals surface area contributed by atoms with Crippen LogP contribution in [0.3, 0.4) is 0 Å². The minimum Gasteiger partial charge on any atom is -0.464 e. The Labute approximate surface area is 121 Å². The van der Waals surface area contributed by atoms with Crippen LogP contribution in [0.5, 0.6) is 0 Å². The maximum atomic E-state index is 12.2. The molecule has 1 aromatic carbocycles. The highest BCUT2D eigenvalue weighted by Gasteiger charge is 2.25. The number of carbonyl (C=O) groups excluding carboxylic acids is 1. The fourth-order valence-corrected chi connectivity index (χ4v) is 2.07. The van der Waals surface area contributed by atoms with Crippen molar-refractivity contribution in [2.75, 3.05) is 6.61 Å². The van der Waals surface area contributed by atoms with Crippen molar-refractivity contribution in [2.24, 2.45) is 0 Å². The molecule has 1 atom stereocenters. The average molecular weight is 289 g/mol. The largest absolute Gasteiger partial charge is 0.464 e. The lowest BCUT2D eigenvalue weighted by molar-refractivity contribution is -0.384. The maximum Gasteiger partial charge on any atom is 0.333 e. The van der Waals surface area contributed by atoms with E-state index in [9.17, 15) is 14.9 Å². The number of aryl methyl sites for hydroxylation is 1. The molecule has 2 aromatic rings. The van der Waals surface area contributed by atoms with Crippen LogP contribution in [-0.2, 0) is 9.53 Å². The summed E-state index contributed by atoms with van der Waals surface area (Å²) in [6.45, 7) is 3.76. The quantitative estimate of drug-likeness (QED) is 0.478. The lowest BCUT2D eigenvalue weighted by atomic mass is 10.1. The van der Waals surface area contributed by atoms with E-state index in [0.717, 1.165) is 0 Å². The van der Waals surface area contributed by atoms with Crippen molar-refractivity contribution in [3.63, 3.8) is 0 Å². The van der Waals surface area contributed by atoms with Crippen LogP contribution in [-0.4, -0.2) is 27.1 Å². The molecular formula is C14H15N3O4. The number of non-ortho nitro benzene ring substituents is 1. The van der Waals surface area contributed by atoms with Crippen LogP contribution in [0.25, 0.3) is 0 Å². The first-order chi connectivity index (χ1) is 10.0. The number of esters is 1. The van der Waals surface area contributed by atoms with Crippen LogP contribution in [0, 0.1) is 17.0 Å². The molecule has 1 unspecified atom stereocenters. The summed E-state index contributed by atoms with van der Waals surface area (Å²) < 4.78 is 6.77. The summed E-state index contributed by atoms with van der Waals surface area (Å²) in [5.74, 6) is 0.235. The fourth-order valence-electron chi connectivity index (χ4n) is 2.07. The predicted octanol–water partition coefficient (Wildman–Crippen LogP) is 2.25. The topological polar surface area (TPSA) is 87.3 Å². The molecule has 0 N–H and O–H groups in total. The van der Waals surface area contributed by atoms with E-state index in [1.54, 1.807) is 42.9 Å². The van der Waals surface area contributed by atoms with Crippen LogP contribution in [0.1, 0.15) is 24.4 Å². The van der Waals surface area contributed by atoms with Gasteiger partial charge in [0.1, 0.15) is 5.82 Å². The zero-order chi connectivity index (χ0) is 15.4. The molecule has 110 valence electrons. The summed E-state index contributed by atoms with van der Waals surface area (Å²) in [4.78, 5) is 26.5. The van der Waals surface area contributed by atoms with Crippen LogP contribution in [0.2, 0.25) is 0 Å². The molecule has 0 aliphatic heterocycles. The second kappa shape index (κ2) is 6.17. The minimum atomic E-state index is -0.701. The van der Waals surface area contributed by atoms with E-state index in [-0.39, 0.29) is 12.3 Å². The van der Waals surface area contributed by atoms with Crippen LogP contribution < -0.4 is 0 Å². The standard InChI is InChI=1S/C14H15N3O4/c1-3-21-14(18)13(16-9-8-15-10(16)2)11-4-6-12(7-5-11)17(19)20/h4-9,13H,3H2,1-2H3. The molecule has 0 fully saturated rings. The van der Waals surface area contributed by atoms with Gasteiger partial charge in [-0.1, -0.05) is 0 Å². The molecule has 0 aliphatic rings. The number of nitrogens with zero attached hydrogens (tertiary/aromatic N) is 3. The molecule has 7 nitrogen and oxygen atoms in total. The molecule has 0 bridgehead atoms. The van der Waals surface area contributed by atoms with Gasteiger partial charge in [-0.3, -0.25) is 10.1 Å². The van der Waals surface area contributed by atoms with Gasteiger partial charge in [0.15, 0.2) is 6.04 Å². The fraction of sp³-hybridized carbons (Fsp3) is 0.286. The normalized spacial score (nSPS) is 11.9. The number of ether oxygens (including phenoxy) is 1.